The third kappa shape index (κ3) is 6.77. The summed E-state index contributed by atoms with van der Waals surface area (Å²) in [4.78, 5) is 18.4. The lowest BCUT2D eigenvalue weighted by atomic mass is 10.3. The number of hydrogen-bond donors (Lipinski definition) is 1. The summed E-state index contributed by atoms with van der Waals surface area (Å²) in [5, 5.41) is 3.98. The van der Waals surface area contributed by atoms with Crippen LogP contribution in [0.15, 0.2) is 110 Å². The Kier molecular flexibility index (Phi) is 7.26. The molecule has 0 atom stereocenters. The van der Waals surface area contributed by atoms with E-state index in [-0.39, 0.29) is 5.91 Å². The summed E-state index contributed by atoms with van der Waals surface area (Å²) in [6, 6.07) is 23.6. The van der Waals surface area contributed by atoms with Gasteiger partial charge in [-0.3, -0.25) is 9.78 Å². The molecule has 0 bridgehead atoms. The van der Waals surface area contributed by atoms with E-state index in [0.29, 0.717) is 0 Å². The van der Waals surface area contributed by atoms with Crippen LogP contribution in [0.25, 0.3) is 0 Å². The lowest BCUT2D eigenvalue weighted by molar-refractivity contribution is -0.116. The third-order valence-corrected chi connectivity index (χ3v) is 5.40. The zero-order valence-electron chi connectivity index (χ0n) is 14.4. The van der Waals surface area contributed by atoms with Crippen LogP contribution in [-0.2, 0) is 4.79 Å². The minimum atomic E-state index is -0.281. The van der Waals surface area contributed by atoms with Gasteiger partial charge >= 0.3 is 0 Å². The Morgan fingerprint density at radius 1 is 0.889 bits per heavy atom. The highest BCUT2D eigenvalue weighted by molar-refractivity contribution is 8.22. The van der Waals surface area contributed by atoms with Crippen molar-refractivity contribution in [2.45, 2.75) is 9.79 Å². The number of hydrazone groups is 1. The number of carbonyl (C=O) groups is 1. The van der Waals surface area contributed by atoms with Crippen LogP contribution in [0.3, 0.4) is 0 Å². The van der Waals surface area contributed by atoms with Gasteiger partial charge in [0.1, 0.15) is 0 Å². The van der Waals surface area contributed by atoms with Crippen LogP contribution in [0.2, 0.25) is 0 Å². The number of benzene rings is 2. The van der Waals surface area contributed by atoms with E-state index in [1.54, 1.807) is 48.2 Å². The van der Waals surface area contributed by atoms with Gasteiger partial charge in [-0.05, 0) is 30.3 Å². The molecule has 134 valence electrons. The summed E-state index contributed by atoms with van der Waals surface area (Å²) in [6.45, 7) is 0. The minimum absolute atomic E-state index is 0.281. The van der Waals surface area contributed by atoms with Gasteiger partial charge in [0.15, 0.2) is 0 Å². The summed E-state index contributed by atoms with van der Waals surface area (Å²) in [5.74, 6) is -0.281. The maximum absolute atomic E-state index is 12.3. The lowest BCUT2D eigenvalue weighted by Crippen LogP contribution is -2.14. The van der Waals surface area contributed by atoms with Crippen LogP contribution in [0.4, 0.5) is 0 Å². The van der Waals surface area contributed by atoms with Crippen LogP contribution in [-0.4, -0.2) is 17.1 Å². The predicted octanol–water partition coefficient (Wildman–Crippen LogP) is 4.96. The Bertz CT molecular complexity index is 870. The molecule has 0 fully saturated rings. The van der Waals surface area contributed by atoms with Gasteiger partial charge in [0.05, 0.1) is 10.5 Å². The van der Waals surface area contributed by atoms with Crippen LogP contribution in [0, 0.1) is 0 Å². The molecule has 4 nitrogen and oxygen atoms in total. The second kappa shape index (κ2) is 10.4. The van der Waals surface area contributed by atoms with E-state index >= 15 is 0 Å². The Labute approximate surface area is 166 Å². The van der Waals surface area contributed by atoms with Crippen molar-refractivity contribution < 1.29 is 4.79 Å². The topological polar surface area (TPSA) is 54.4 Å². The molecule has 1 amide bonds. The fourth-order valence-electron chi connectivity index (χ4n) is 2.05. The molecule has 27 heavy (non-hydrogen) atoms. The van der Waals surface area contributed by atoms with Crippen molar-refractivity contribution in [1.82, 2.24) is 10.4 Å². The van der Waals surface area contributed by atoms with Gasteiger partial charge in [-0.25, -0.2) is 5.43 Å². The second-order valence-corrected chi connectivity index (χ2v) is 7.80. The molecule has 0 radical (unpaired) electrons. The molecular weight excluding hydrogens is 374 g/mol. The average Bonchev–Trinajstić information content (AvgIpc) is 2.70. The van der Waals surface area contributed by atoms with E-state index in [0.717, 1.165) is 19.6 Å². The quantitative estimate of drug-likeness (QED) is 0.268. The number of nitrogens with zero attached hydrogens (tertiary/aromatic N) is 2. The molecule has 0 saturated carbocycles. The lowest BCUT2D eigenvalue weighted by Gasteiger charge is -2.07. The molecule has 0 aliphatic heterocycles. The van der Waals surface area contributed by atoms with Crippen LogP contribution in [0.1, 0.15) is 5.56 Å². The molecule has 3 aromatic rings. The monoisotopic (exact) mass is 391 g/mol. The number of pyridine rings is 1. The summed E-state index contributed by atoms with van der Waals surface area (Å²) in [6.07, 6.45) is 6.49. The predicted molar refractivity (Wildman–Crippen MR) is 113 cm³/mol. The second-order valence-electron chi connectivity index (χ2n) is 5.31. The number of thioether (sulfide) groups is 2. The van der Waals surface area contributed by atoms with E-state index in [1.165, 1.54) is 0 Å². The van der Waals surface area contributed by atoms with Crippen molar-refractivity contribution in [2.75, 3.05) is 0 Å². The molecule has 0 spiro atoms. The number of amides is 1. The summed E-state index contributed by atoms with van der Waals surface area (Å²) in [5.41, 5.74) is 3.35. The number of aromatic nitrogens is 1. The van der Waals surface area contributed by atoms with Gasteiger partial charge in [-0.2, -0.15) is 5.10 Å². The molecule has 0 saturated heterocycles. The van der Waals surface area contributed by atoms with E-state index < -0.39 is 0 Å². The van der Waals surface area contributed by atoms with E-state index in [9.17, 15) is 4.79 Å². The SMILES string of the molecule is O=C(C=C(Sc1ccccc1)Sc1ccccc1)N/N=C/c1cccnc1. The van der Waals surface area contributed by atoms with Crippen molar-refractivity contribution in [3.8, 4) is 0 Å². The van der Waals surface area contributed by atoms with Crippen molar-refractivity contribution in [3.63, 3.8) is 0 Å². The number of hydrogen-bond acceptors (Lipinski definition) is 5. The summed E-state index contributed by atoms with van der Waals surface area (Å²) >= 11 is 3.09. The first-order valence-corrected chi connectivity index (χ1v) is 9.83. The van der Waals surface area contributed by atoms with Crippen molar-refractivity contribution in [2.24, 2.45) is 5.10 Å². The molecule has 0 aliphatic carbocycles. The Morgan fingerprint density at radius 2 is 1.52 bits per heavy atom. The van der Waals surface area contributed by atoms with Gasteiger partial charge in [0, 0.05) is 33.8 Å². The first-order chi connectivity index (χ1) is 13.3. The van der Waals surface area contributed by atoms with Gasteiger partial charge in [0.2, 0.25) is 0 Å². The van der Waals surface area contributed by atoms with Crippen LogP contribution >= 0.6 is 23.5 Å². The fourth-order valence-corrected chi connectivity index (χ4v) is 4.18. The number of carbonyl (C=O) groups excluding carboxylic acids is 1. The molecule has 2 aromatic carbocycles. The molecule has 0 unspecified atom stereocenters. The van der Waals surface area contributed by atoms with Gasteiger partial charge < -0.3 is 0 Å². The molecule has 1 heterocycles. The molecule has 6 heteroatoms. The van der Waals surface area contributed by atoms with Crippen LogP contribution < -0.4 is 5.43 Å². The summed E-state index contributed by atoms with van der Waals surface area (Å²) in [7, 11) is 0. The molecule has 1 N–H and O–H groups in total. The third-order valence-electron chi connectivity index (χ3n) is 3.25. The van der Waals surface area contributed by atoms with E-state index in [4.69, 9.17) is 0 Å². The van der Waals surface area contributed by atoms with Crippen LogP contribution in [0.5, 0.6) is 0 Å². The van der Waals surface area contributed by atoms with Gasteiger partial charge in [-0.15, -0.1) is 0 Å². The number of rotatable bonds is 7. The Balaban J connectivity index is 1.70. The molecule has 3 rings (SSSR count). The first kappa shape index (κ1) is 18.9. The highest BCUT2D eigenvalue weighted by Gasteiger charge is 2.07. The summed E-state index contributed by atoms with van der Waals surface area (Å²) < 4.78 is 0.862. The van der Waals surface area contributed by atoms with Gasteiger partial charge in [-0.1, -0.05) is 66.0 Å². The maximum Gasteiger partial charge on any atom is 0.265 e. The highest BCUT2D eigenvalue weighted by Crippen LogP contribution is 2.38. The van der Waals surface area contributed by atoms with Crippen molar-refractivity contribution >= 4 is 35.6 Å². The minimum Gasteiger partial charge on any atom is -0.268 e. The van der Waals surface area contributed by atoms with Gasteiger partial charge in [0.25, 0.3) is 5.91 Å². The first-order valence-electron chi connectivity index (χ1n) is 8.20. The largest absolute Gasteiger partial charge is 0.268 e. The zero-order valence-corrected chi connectivity index (χ0v) is 16.0. The fraction of sp³-hybridized carbons (Fsp3) is 0. The number of nitrogens with one attached hydrogen (secondary N) is 1. The molecular formula is C21H17N3OS2. The normalized spacial score (nSPS) is 10.5. The maximum atomic E-state index is 12.3. The van der Waals surface area contributed by atoms with E-state index in [2.05, 4.69) is 15.5 Å². The highest BCUT2D eigenvalue weighted by atomic mass is 32.2. The zero-order chi connectivity index (χ0) is 18.7. The Hall–Kier alpha value is -2.83. The van der Waals surface area contributed by atoms with E-state index in [1.807, 2.05) is 72.8 Å². The smallest absolute Gasteiger partial charge is 0.265 e. The molecule has 1 aromatic heterocycles. The van der Waals surface area contributed by atoms with Crippen molar-refractivity contribution in [1.29, 1.82) is 0 Å². The molecule has 0 aliphatic rings. The Morgan fingerprint density at radius 3 is 2.07 bits per heavy atom. The average molecular weight is 392 g/mol. The van der Waals surface area contributed by atoms with Crippen molar-refractivity contribution in [3.05, 3.63) is 101 Å². The standard InChI is InChI=1S/C21H17N3OS2/c25-20(24-23-16-17-8-7-13-22-15-17)14-21(26-18-9-3-1-4-10-18)27-19-11-5-2-6-12-19/h1-16H,(H,24,25)/b23-16+.